The number of rotatable bonds is 7. The van der Waals surface area contributed by atoms with Gasteiger partial charge in [-0.25, -0.2) is 0 Å². The topological polar surface area (TPSA) is 55.8 Å². The predicted molar refractivity (Wildman–Crippen MR) is 95.1 cm³/mol. The Bertz CT molecular complexity index is 690. The zero-order chi connectivity index (χ0) is 17.4. The van der Waals surface area contributed by atoms with Crippen molar-refractivity contribution in [3.63, 3.8) is 0 Å². The summed E-state index contributed by atoms with van der Waals surface area (Å²) in [7, 11) is 0. The molecule has 0 aliphatic heterocycles. The van der Waals surface area contributed by atoms with Crippen molar-refractivity contribution in [3.8, 4) is 5.75 Å². The van der Waals surface area contributed by atoms with Crippen LogP contribution >= 0.6 is 15.9 Å². The number of nitrogens with zero attached hydrogens (tertiary/aromatic N) is 1. The minimum atomic E-state index is -0.462. The van der Waals surface area contributed by atoms with Crippen LogP contribution in [-0.2, 0) is 14.3 Å². The molecule has 0 saturated carbocycles. The SMILES string of the molecule is CCOC(=O)CN(C(=O)COc1ccccc1Br)c1ccccc1. The van der Waals surface area contributed by atoms with E-state index >= 15 is 0 Å². The molecule has 0 atom stereocenters. The summed E-state index contributed by atoms with van der Waals surface area (Å²) >= 11 is 3.37. The Hall–Kier alpha value is -2.34. The average molecular weight is 392 g/mol. The molecular formula is C18H18BrNO4. The molecule has 2 rings (SSSR count). The minimum Gasteiger partial charge on any atom is -0.483 e. The quantitative estimate of drug-likeness (QED) is 0.678. The van der Waals surface area contributed by atoms with Crippen LogP contribution in [0.3, 0.4) is 0 Å². The summed E-state index contributed by atoms with van der Waals surface area (Å²) in [5.74, 6) is -0.226. The first-order chi connectivity index (χ1) is 11.6. The van der Waals surface area contributed by atoms with E-state index in [4.69, 9.17) is 9.47 Å². The number of hydrogen-bond acceptors (Lipinski definition) is 4. The fourth-order valence-corrected chi connectivity index (χ4v) is 2.45. The lowest BCUT2D eigenvalue weighted by atomic mass is 10.3. The number of carbonyl (C=O) groups is 2. The lowest BCUT2D eigenvalue weighted by molar-refractivity contribution is -0.142. The third-order valence-electron chi connectivity index (χ3n) is 3.15. The van der Waals surface area contributed by atoms with E-state index in [-0.39, 0.29) is 25.7 Å². The van der Waals surface area contributed by atoms with Crippen molar-refractivity contribution in [2.75, 3.05) is 24.7 Å². The van der Waals surface area contributed by atoms with Crippen LogP contribution in [0.1, 0.15) is 6.92 Å². The molecule has 5 nitrogen and oxygen atoms in total. The van der Waals surface area contributed by atoms with Gasteiger partial charge in [0.2, 0.25) is 0 Å². The maximum atomic E-state index is 12.5. The summed E-state index contributed by atoms with van der Waals surface area (Å²) in [4.78, 5) is 25.7. The second-order valence-corrected chi connectivity index (χ2v) is 5.69. The second kappa shape index (κ2) is 9.08. The highest BCUT2D eigenvalue weighted by atomic mass is 79.9. The van der Waals surface area contributed by atoms with Crippen LogP contribution in [0.4, 0.5) is 5.69 Å². The van der Waals surface area contributed by atoms with E-state index in [1.807, 2.05) is 24.3 Å². The fourth-order valence-electron chi connectivity index (χ4n) is 2.05. The first-order valence-electron chi connectivity index (χ1n) is 7.50. The highest BCUT2D eigenvalue weighted by molar-refractivity contribution is 9.10. The lowest BCUT2D eigenvalue weighted by Gasteiger charge is -2.22. The Balaban J connectivity index is 2.09. The van der Waals surface area contributed by atoms with Gasteiger partial charge in [0.15, 0.2) is 6.61 Å². The van der Waals surface area contributed by atoms with Crippen LogP contribution in [-0.4, -0.2) is 31.6 Å². The standard InChI is InChI=1S/C18H18BrNO4/c1-2-23-18(22)12-20(14-8-4-3-5-9-14)17(21)13-24-16-11-7-6-10-15(16)19/h3-11H,2,12-13H2,1H3. The van der Waals surface area contributed by atoms with Crippen LogP contribution in [0, 0.1) is 0 Å². The van der Waals surface area contributed by atoms with Crippen molar-refractivity contribution >= 4 is 33.5 Å². The van der Waals surface area contributed by atoms with Crippen molar-refractivity contribution in [1.29, 1.82) is 0 Å². The summed E-state index contributed by atoms with van der Waals surface area (Å²) in [6.45, 7) is 1.65. The van der Waals surface area contributed by atoms with Crippen LogP contribution in [0.25, 0.3) is 0 Å². The number of amides is 1. The van der Waals surface area contributed by atoms with Crippen LogP contribution in [0.5, 0.6) is 5.75 Å². The van der Waals surface area contributed by atoms with E-state index in [1.165, 1.54) is 4.90 Å². The van der Waals surface area contributed by atoms with Gasteiger partial charge >= 0.3 is 5.97 Å². The van der Waals surface area contributed by atoms with Crippen LogP contribution in [0.2, 0.25) is 0 Å². The van der Waals surface area contributed by atoms with Gasteiger partial charge in [-0.05, 0) is 47.1 Å². The Morgan fingerprint density at radius 1 is 1.04 bits per heavy atom. The fraction of sp³-hybridized carbons (Fsp3) is 0.222. The van der Waals surface area contributed by atoms with Gasteiger partial charge in [0.25, 0.3) is 5.91 Å². The summed E-state index contributed by atoms with van der Waals surface area (Å²) in [6.07, 6.45) is 0. The minimum absolute atomic E-state index is 0.157. The molecule has 1 amide bonds. The van der Waals surface area contributed by atoms with Crippen molar-refractivity contribution in [2.45, 2.75) is 6.92 Å². The Labute approximate surface area is 149 Å². The molecule has 0 aliphatic rings. The number of hydrogen-bond donors (Lipinski definition) is 0. The van der Waals surface area contributed by atoms with Gasteiger partial charge in [-0.1, -0.05) is 30.3 Å². The summed E-state index contributed by atoms with van der Waals surface area (Å²) in [5, 5.41) is 0. The molecule has 0 aliphatic carbocycles. The molecule has 0 N–H and O–H groups in total. The van der Waals surface area contributed by atoms with Crippen LogP contribution in [0.15, 0.2) is 59.1 Å². The smallest absolute Gasteiger partial charge is 0.326 e. The highest BCUT2D eigenvalue weighted by Gasteiger charge is 2.20. The molecule has 0 heterocycles. The van der Waals surface area contributed by atoms with E-state index in [2.05, 4.69) is 15.9 Å². The van der Waals surface area contributed by atoms with Crippen molar-refractivity contribution in [2.24, 2.45) is 0 Å². The Morgan fingerprint density at radius 3 is 2.38 bits per heavy atom. The first kappa shape index (κ1) is 18.0. The van der Waals surface area contributed by atoms with Crippen molar-refractivity contribution in [1.82, 2.24) is 0 Å². The van der Waals surface area contributed by atoms with Gasteiger partial charge < -0.3 is 9.47 Å². The number of carbonyl (C=O) groups excluding carboxylic acids is 2. The monoisotopic (exact) mass is 391 g/mol. The van der Waals surface area contributed by atoms with E-state index in [9.17, 15) is 9.59 Å². The molecule has 2 aromatic carbocycles. The Morgan fingerprint density at radius 2 is 1.71 bits per heavy atom. The van der Waals surface area contributed by atoms with E-state index < -0.39 is 5.97 Å². The van der Waals surface area contributed by atoms with E-state index in [0.29, 0.717) is 11.4 Å². The number of anilines is 1. The molecule has 24 heavy (non-hydrogen) atoms. The second-order valence-electron chi connectivity index (χ2n) is 4.84. The molecule has 0 bridgehead atoms. The highest BCUT2D eigenvalue weighted by Crippen LogP contribution is 2.24. The zero-order valence-electron chi connectivity index (χ0n) is 13.3. The van der Waals surface area contributed by atoms with Gasteiger partial charge in [-0.2, -0.15) is 0 Å². The summed E-state index contributed by atoms with van der Waals surface area (Å²) in [6, 6.07) is 16.2. The molecule has 0 aromatic heterocycles. The number of esters is 1. The number of ether oxygens (including phenoxy) is 2. The molecular weight excluding hydrogens is 374 g/mol. The normalized spacial score (nSPS) is 10.1. The number of para-hydroxylation sites is 2. The average Bonchev–Trinajstić information content (AvgIpc) is 2.60. The molecule has 0 spiro atoms. The molecule has 0 unspecified atom stereocenters. The summed E-state index contributed by atoms with van der Waals surface area (Å²) < 4.78 is 11.3. The third kappa shape index (κ3) is 5.09. The van der Waals surface area contributed by atoms with Gasteiger partial charge in [0, 0.05) is 5.69 Å². The van der Waals surface area contributed by atoms with E-state index in [0.717, 1.165) is 4.47 Å². The molecule has 2 aromatic rings. The Kier molecular flexibility index (Phi) is 6.81. The third-order valence-corrected chi connectivity index (χ3v) is 3.80. The van der Waals surface area contributed by atoms with Crippen molar-refractivity contribution < 1.29 is 19.1 Å². The predicted octanol–water partition coefficient (Wildman–Crippen LogP) is 3.42. The van der Waals surface area contributed by atoms with Gasteiger partial charge in [-0.3, -0.25) is 14.5 Å². The van der Waals surface area contributed by atoms with Crippen molar-refractivity contribution in [3.05, 3.63) is 59.1 Å². The molecule has 6 heteroatoms. The van der Waals surface area contributed by atoms with Gasteiger partial charge in [0.1, 0.15) is 12.3 Å². The molecule has 0 fully saturated rings. The van der Waals surface area contributed by atoms with Gasteiger partial charge in [-0.15, -0.1) is 0 Å². The number of benzene rings is 2. The summed E-state index contributed by atoms with van der Waals surface area (Å²) in [5.41, 5.74) is 0.617. The van der Waals surface area contributed by atoms with Gasteiger partial charge in [0.05, 0.1) is 11.1 Å². The van der Waals surface area contributed by atoms with E-state index in [1.54, 1.807) is 37.3 Å². The number of halogens is 1. The lowest BCUT2D eigenvalue weighted by Crippen LogP contribution is -2.39. The van der Waals surface area contributed by atoms with Crippen LogP contribution < -0.4 is 9.64 Å². The maximum absolute atomic E-state index is 12.5. The first-order valence-corrected chi connectivity index (χ1v) is 8.29. The molecule has 0 saturated heterocycles. The maximum Gasteiger partial charge on any atom is 0.326 e. The largest absolute Gasteiger partial charge is 0.483 e. The molecule has 126 valence electrons. The zero-order valence-corrected chi connectivity index (χ0v) is 14.9. The molecule has 0 radical (unpaired) electrons.